The van der Waals surface area contributed by atoms with Gasteiger partial charge in [-0.15, -0.1) is 0 Å². The molecule has 0 amide bonds. The molecule has 0 bridgehead atoms. The Morgan fingerprint density at radius 3 is 2.47 bits per heavy atom. The lowest BCUT2D eigenvalue weighted by Gasteiger charge is -2.02. The molecule has 0 aliphatic carbocycles. The Balaban J connectivity index is 2.40. The van der Waals surface area contributed by atoms with Gasteiger partial charge in [0.25, 0.3) is 0 Å². The van der Waals surface area contributed by atoms with Crippen molar-refractivity contribution in [2.45, 2.75) is 6.61 Å². The lowest BCUT2D eigenvalue weighted by atomic mass is 10.1. The molecular weight excluding hydrogens is 254 g/mol. The maximum absolute atomic E-state index is 8.98. The number of aliphatic hydroxyl groups excluding tert-OH is 1. The molecule has 0 unspecified atom stereocenters. The topological polar surface area (TPSA) is 33.1 Å². The molecule has 2 rings (SSSR count). The Hall–Kier alpha value is -1.19. The van der Waals surface area contributed by atoms with Crippen LogP contribution in [0.2, 0.25) is 0 Å². The van der Waals surface area contributed by atoms with Crippen LogP contribution in [0.1, 0.15) is 5.69 Å². The van der Waals surface area contributed by atoms with Gasteiger partial charge in [0.2, 0.25) is 0 Å². The molecule has 0 radical (unpaired) electrons. The largest absolute Gasteiger partial charge is 0.390 e. The molecule has 0 saturated heterocycles. The van der Waals surface area contributed by atoms with Crippen molar-refractivity contribution in [1.82, 2.24) is 4.98 Å². The molecule has 3 heteroatoms. The summed E-state index contributed by atoms with van der Waals surface area (Å²) in [6.07, 6.45) is 0. The third-order valence-corrected chi connectivity index (χ3v) is 2.64. The lowest BCUT2D eigenvalue weighted by Crippen LogP contribution is -1.90. The second-order valence-corrected chi connectivity index (χ2v) is 4.09. The number of aliphatic hydroxyl groups is 1. The minimum Gasteiger partial charge on any atom is -0.390 e. The van der Waals surface area contributed by atoms with Gasteiger partial charge in [-0.25, -0.2) is 0 Å². The van der Waals surface area contributed by atoms with Crippen molar-refractivity contribution in [3.63, 3.8) is 0 Å². The van der Waals surface area contributed by atoms with Crippen molar-refractivity contribution < 1.29 is 5.11 Å². The molecule has 2 nitrogen and oxygen atoms in total. The Bertz CT molecular complexity index is 453. The number of halogens is 1. The summed E-state index contributed by atoms with van der Waals surface area (Å²) in [5.74, 6) is 0. The average Bonchev–Trinajstić information content (AvgIpc) is 2.30. The fourth-order valence-electron chi connectivity index (χ4n) is 1.35. The molecule has 15 heavy (non-hydrogen) atoms. The van der Waals surface area contributed by atoms with E-state index in [1.807, 2.05) is 42.5 Å². The van der Waals surface area contributed by atoms with Crippen LogP contribution < -0.4 is 0 Å². The van der Waals surface area contributed by atoms with E-state index in [2.05, 4.69) is 20.9 Å². The van der Waals surface area contributed by atoms with E-state index in [0.29, 0.717) is 5.69 Å². The first kappa shape index (κ1) is 10.3. The highest BCUT2D eigenvalue weighted by Gasteiger charge is 1.99. The molecule has 1 N–H and O–H groups in total. The van der Waals surface area contributed by atoms with Gasteiger partial charge in [-0.05, 0) is 24.3 Å². The molecule has 0 fully saturated rings. The number of hydrogen-bond acceptors (Lipinski definition) is 2. The molecule has 0 aliphatic heterocycles. The summed E-state index contributed by atoms with van der Waals surface area (Å²) in [4.78, 5) is 4.33. The molecule has 1 aromatic carbocycles. The number of hydrogen-bond donors (Lipinski definition) is 1. The van der Waals surface area contributed by atoms with Crippen LogP contribution in [0.15, 0.2) is 46.9 Å². The monoisotopic (exact) mass is 263 g/mol. The van der Waals surface area contributed by atoms with E-state index in [1.165, 1.54) is 0 Å². The number of pyridine rings is 1. The summed E-state index contributed by atoms with van der Waals surface area (Å²) in [6, 6.07) is 13.6. The van der Waals surface area contributed by atoms with Crippen LogP contribution in [0.4, 0.5) is 0 Å². The molecule has 0 spiro atoms. The third-order valence-electron chi connectivity index (χ3n) is 2.11. The number of aromatic nitrogens is 1. The zero-order valence-corrected chi connectivity index (χ0v) is 9.61. The van der Waals surface area contributed by atoms with Crippen LogP contribution in [0, 0.1) is 0 Å². The SMILES string of the molecule is OCc1cccc(-c2ccc(Br)cc2)n1. The van der Waals surface area contributed by atoms with Crippen LogP contribution in [0.3, 0.4) is 0 Å². The maximum atomic E-state index is 8.98. The molecule has 0 saturated carbocycles. The Kier molecular flexibility index (Phi) is 3.14. The Labute approximate surface area is 96.7 Å². The quantitative estimate of drug-likeness (QED) is 0.904. The fourth-order valence-corrected chi connectivity index (χ4v) is 1.61. The standard InChI is InChI=1S/C12H10BrNO/c13-10-6-4-9(5-7-10)12-3-1-2-11(8-15)14-12/h1-7,15H,8H2. The lowest BCUT2D eigenvalue weighted by molar-refractivity contribution is 0.277. The van der Waals surface area contributed by atoms with E-state index in [9.17, 15) is 0 Å². The summed E-state index contributed by atoms with van der Waals surface area (Å²) in [6.45, 7) is -0.0234. The smallest absolute Gasteiger partial charge is 0.0853 e. The molecule has 0 aliphatic rings. The van der Waals surface area contributed by atoms with Crippen LogP contribution in [-0.4, -0.2) is 10.1 Å². The van der Waals surface area contributed by atoms with Crippen LogP contribution in [-0.2, 0) is 6.61 Å². The first-order chi connectivity index (χ1) is 7.29. The Morgan fingerprint density at radius 2 is 1.80 bits per heavy atom. The summed E-state index contributed by atoms with van der Waals surface area (Å²) >= 11 is 3.39. The van der Waals surface area contributed by atoms with Crippen molar-refractivity contribution in [1.29, 1.82) is 0 Å². The van der Waals surface area contributed by atoms with Gasteiger partial charge in [-0.2, -0.15) is 0 Å². The number of nitrogens with zero attached hydrogens (tertiary/aromatic N) is 1. The first-order valence-corrected chi connectivity index (χ1v) is 5.41. The second kappa shape index (κ2) is 4.55. The highest BCUT2D eigenvalue weighted by atomic mass is 79.9. The fraction of sp³-hybridized carbons (Fsp3) is 0.0833. The van der Waals surface area contributed by atoms with Gasteiger partial charge in [-0.3, -0.25) is 4.98 Å². The van der Waals surface area contributed by atoms with E-state index in [1.54, 1.807) is 0 Å². The Morgan fingerprint density at radius 1 is 1.07 bits per heavy atom. The van der Waals surface area contributed by atoms with Crippen LogP contribution in [0.25, 0.3) is 11.3 Å². The van der Waals surface area contributed by atoms with Crippen molar-refractivity contribution in [2.24, 2.45) is 0 Å². The molecular formula is C12H10BrNO. The van der Waals surface area contributed by atoms with Crippen molar-refractivity contribution in [3.05, 3.63) is 52.6 Å². The summed E-state index contributed by atoms with van der Waals surface area (Å²) in [5, 5.41) is 8.98. The van der Waals surface area contributed by atoms with Gasteiger partial charge in [0.1, 0.15) is 0 Å². The minimum absolute atomic E-state index is 0.0234. The summed E-state index contributed by atoms with van der Waals surface area (Å²) in [5.41, 5.74) is 2.62. The van der Waals surface area contributed by atoms with E-state index < -0.39 is 0 Å². The highest BCUT2D eigenvalue weighted by Crippen LogP contribution is 2.19. The van der Waals surface area contributed by atoms with Gasteiger partial charge < -0.3 is 5.11 Å². The van der Waals surface area contributed by atoms with Gasteiger partial charge in [-0.1, -0.05) is 34.1 Å². The van der Waals surface area contributed by atoms with Gasteiger partial charge in [0.15, 0.2) is 0 Å². The molecule has 76 valence electrons. The van der Waals surface area contributed by atoms with E-state index in [4.69, 9.17) is 5.11 Å². The van der Waals surface area contributed by atoms with Crippen LogP contribution in [0.5, 0.6) is 0 Å². The molecule has 2 aromatic rings. The average molecular weight is 264 g/mol. The van der Waals surface area contributed by atoms with Crippen molar-refractivity contribution in [3.8, 4) is 11.3 Å². The normalized spacial score (nSPS) is 10.3. The van der Waals surface area contributed by atoms with Gasteiger partial charge in [0.05, 0.1) is 18.0 Å². The predicted octanol–water partition coefficient (Wildman–Crippen LogP) is 3.00. The van der Waals surface area contributed by atoms with Gasteiger partial charge in [0, 0.05) is 10.0 Å². The first-order valence-electron chi connectivity index (χ1n) is 4.62. The third kappa shape index (κ3) is 2.43. The predicted molar refractivity (Wildman–Crippen MR) is 63.3 cm³/mol. The molecule has 1 heterocycles. The van der Waals surface area contributed by atoms with Crippen molar-refractivity contribution >= 4 is 15.9 Å². The van der Waals surface area contributed by atoms with Crippen molar-refractivity contribution in [2.75, 3.05) is 0 Å². The number of rotatable bonds is 2. The van der Waals surface area contributed by atoms with E-state index in [0.717, 1.165) is 15.7 Å². The summed E-state index contributed by atoms with van der Waals surface area (Å²) < 4.78 is 1.05. The second-order valence-electron chi connectivity index (χ2n) is 3.18. The van der Waals surface area contributed by atoms with Gasteiger partial charge >= 0.3 is 0 Å². The maximum Gasteiger partial charge on any atom is 0.0853 e. The van der Waals surface area contributed by atoms with Crippen LogP contribution >= 0.6 is 15.9 Å². The number of benzene rings is 1. The minimum atomic E-state index is -0.0234. The molecule has 0 atom stereocenters. The van der Waals surface area contributed by atoms with E-state index >= 15 is 0 Å². The zero-order chi connectivity index (χ0) is 10.7. The summed E-state index contributed by atoms with van der Waals surface area (Å²) in [7, 11) is 0. The zero-order valence-electron chi connectivity index (χ0n) is 8.02. The van der Waals surface area contributed by atoms with E-state index in [-0.39, 0.29) is 6.61 Å². The highest BCUT2D eigenvalue weighted by molar-refractivity contribution is 9.10. The molecule has 1 aromatic heterocycles.